The molecule has 7 heteroatoms. The molecule has 0 unspecified atom stereocenters. The summed E-state index contributed by atoms with van der Waals surface area (Å²) in [4.78, 5) is 0.132. The van der Waals surface area contributed by atoms with E-state index in [0.29, 0.717) is 25.4 Å². The van der Waals surface area contributed by atoms with Gasteiger partial charge in [-0.2, -0.15) is 0 Å². The van der Waals surface area contributed by atoms with Crippen LogP contribution in [0.3, 0.4) is 0 Å². The maximum atomic E-state index is 12.2. The van der Waals surface area contributed by atoms with Crippen LogP contribution in [-0.4, -0.2) is 28.2 Å². The number of benzene rings is 1. The molecule has 0 amide bonds. The average molecular weight is 319 g/mol. The second-order valence-corrected chi connectivity index (χ2v) is 7.61. The lowest BCUT2D eigenvalue weighted by molar-refractivity contribution is 0.0265. The average Bonchev–Trinajstić information content (AvgIpc) is 2.41. The Balaban J connectivity index is 2.09. The topological polar surface area (TPSA) is 81.4 Å². The highest BCUT2D eigenvalue weighted by molar-refractivity contribution is 7.89. The van der Waals surface area contributed by atoms with E-state index in [1.54, 1.807) is 0 Å². The number of nitrogen functional groups attached to an aromatic ring is 1. The van der Waals surface area contributed by atoms with E-state index in [0.717, 1.165) is 12.8 Å². The summed E-state index contributed by atoms with van der Waals surface area (Å²) in [5, 5.41) is 0.241. The van der Waals surface area contributed by atoms with Gasteiger partial charge >= 0.3 is 0 Å². The molecule has 1 heterocycles. The number of rotatable bonds is 4. The molecule has 0 radical (unpaired) electrons. The minimum Gasteiger partial charge on any atom is -0.398 e. The first kappa shape index (κ1) is 15.6. The number of sulfonamides is 1. The first-order chi connectivity index (χ1) is 9.32. The zero-order valence-electron chi connectivity index (χ0n) is 11.4. The van der Waals surface area contributed by atoms with Crippen molar-refractivity contribution >= 4 is 27.3 Å². The third kappa shape index (κ3) is 3.63. The summed E-state index contributed by atoms with van der Waals surface area (Å²) in [7, 11) is -3.57. The molecule has 112 valence electrons. The fourth-order valence-electron chi connectivity index (χ4n) is 2.07. The van der Waals surface area contributed by atoms with E-state index in [9.17, 15) is 8.42 Å². The first-order valence-electron chi connectivity index (χ1n) is 6.45. The van der Waals surface area contributed by atoms with Gasteiger partial charge in [-0.05, 0) is 36.5 Å². The van der Waals surface area contributed by atoms with E-state index in [1.807, 2.05) is 0 Å². The summed E-state index contributed by atoms with van der Waals surface area (Å²) in [6.45, 7) is 3.80. The Labute approximate surface area is 124 Å². The normalized spacial score (nSPS) is 18.9. The number of hydrogen-bond acceptors (Lipinski definition) is 4. The summed E-state index contributed by atoms with van der Waals surface area (Å²) < 4.78 is 32.4. The van der Waals surface area contributed by atoms with Gasteiger partial charge in [-0.25, -0.2) is 13.1 Å². The van der Waals surface area contributed by atoms with Gasteiger partial charge in [0, 0.05) is 19.8 Å². The zero-order chi connectivity index (χ0) is 14.8. The van der Waals surface area contributed by atoms with Gasteiger partial charge in [0.2, 0.25) is 10.0 Å². The van der Waals surface area contributed by atoms with Crippen molar-refractivity contribution < 1.29 is 13.2 Å². The Bertz CT molecular complexity index is 583. The number of anilines is 1. The molecule has 0 aromatic heterocycles. The lowest BCUT2D eigenvalue weighted by Gasteiger charge is -2.33. The molecule has 1 aromatic rings. The number of nitrogens with two attached hydrogens (primary N) is 1. The number of ether oxygens (including phenoxy) is 1. The van der Waals surface area contributed by atoms with Crippen LogP contribution in [0.5, 0.6) is 0 Å². The molecule has 0 atom stereocenters. The van der Waals surface area contributed by atoms with Crippen molar-refractivity contribution in [3.63, 3.8) is 0 Å². The molecule has 1 aliphatic heterocycles. The quantitative estimate of drug-likeness (QED) is 0.832. The van der Waals surface area contributed by atoms with Crippen LogP contribution in [0, 0.1) is 5.41 Å². The van der Waals surface area contributed by atoms with Crippen molar-refractivity contribution in [1.29, 1.82) is 0 Å². The maximum absolute atomic E-state index is 12.2. The van der Waals surface area contributed by atoms with Crippen molar-refractivity contribution in [1.82, 2.24) is 4.72 Å². The van der Waals surface area contributed by atoms with E-state index in [4.69, 9.17) is 22.1 Å². The molecule has 1 aliphatic rings. The molecule has 0 aliphatic carbocycles. The molecular formula is C13H19ClN2O3S. The molecule has 1 saturated heterocycles. The Hall–Kier alpha value is -0.820. The molecule has 2 rings (SSSR count). The van der Waals surface area contributed by atoms with Crippen LogP contribution in [-0.2, 0) is 14.8 Å². The van der Waals surface area contributed by atoms with Crippen molar-refractivity contribution in [3.05, 3.63) is 23.2 Å². The highest BCUT2D eigenvalue weighted by Crippen LogP contribution is 2.29. The van der Waals surface area contributed by atoms with Gasteiger partial charge in [-0.1, -0.05) is 18.5 Å². The van der Waals surface area contributed by atoms with E-state index in [2.05, 4.69) is 11.6 Å². The minimum atomic E-state index is -3.57. The van der Waals surface area contributed by atoms with Crippen LogP contribution in [0.2, 0.25) is 5.02 Å². The summed E-state index contributed by atoms with van der Waals surface area (Å²) >= 11 is 5.86. The lowest BCUT2D eigenvalue weighted by atomic mass is 9.83. The SMILES string of the molecule is CC1(CNS(=O)(=O)c2ccc(N)c(Cl)c2)CCOCC1. The minimum absolute atomic E-state index is 0.0665. The van der Waals surface area contributed by atoms with Gasteiger partial charge in [0.1, 0.15) is 0 Å². The second-order valence-electron chi connectivity index (χ2n) is 5.43. The van der Waals surface area contributed by atoms with Crippen LogP contribution >= 0.6 is 11.6 Å². The van der Waals surface area contributed by atoms with Gasteiger partial charge in [0.15, 0.2) is 0 Å². The van der Waals surface area contributed by atoms with Gasteiger partial charge in [0.05, 0.1) is 15.6 Å². The van der Waals surface area contributed by atoms with Crippen molar-refractivity contribution in [3.8, 4) is 0 Å². The van der Waals surface area contributed by atoms with E-state index in [1.165, 1.54) is 18.2 Å². The van der Waals surface area contributed by atoms with Crippen molar-refractivity contribution in [2.75, 3.05) is 25.5 Å². The van der Waals surface area contributed by atoms with Crippen molar-refractivity contribution in [2.24, 2.45) is 5.41 Å². The molecular weight excluding hydrogens is 300 g/mol. The molecule has 20 heavy (non-hydrogen) atoms. The highest BCUT2D eigenvalue weighted by Gasteiger charge is 2.29. The van der Waals surface area contributed by atoms with E-state index >= 15 is 0 Å². The van der Waals surface area contributed by atoms with Gasteiger partial charge in [-0.15, -0.1) is 0 Å². The van der Waals surface area contributed by atoms with E-state index in [-0.39, 0.29) is 15.3 Å². The predicted molar refractivity (Wildman–Crippen MR) is 79.2 cm³/mol. The summed E-state index contributed by atoms with van der Waals surface area (Å²) in [6, 6.07) is 4.31. The van der Waals surface area contributed by atoms with Crippen molar-refractivity contribution in [2.45, 2.75) is 24.7 Å². The van der Waals surface area contributed by atoms with Crippen LogP contribution in [0.1, 0.15) is 19.8 Å². The molecule has 5 nitrogen and oxygen atoms in total. The summed E-state index contributed by atoms with van der Waals surface area (Å²) in [6.07, 6.45) is 1.69. The molecule has 1 fully saturated rings. The van der Waals surface area contributed by atoms with Gasteiger partial charge in [-0.3, -0.25) is 0 Å². The standard InChI is InChI=1S/C13H19ClN2O3S/c1-13(4-6-19-7-5-13)9-16-20(17,18)10-2-3-12(15)11(14)8-10/h2-3,8,16H,4-7,9,15H2,1H3. The number of nitrogens with one attached hydrogen (secondary N) is 1. The third-order valence-electron chi connectivity index (χ3n) is 3.67. The Morgan fingerprint density at radius 2 is 2.05 bits per heavy atom. The van der Waals surface area contributed by atoms with Crippen LogP contribution < -0.4 is 10.5 Å². The lowest BCUT2D eigenvalue weighted by Crippen LogP contribution is -2.39. The Morgan fingerprint density at radius 3 is 2.65 bits per heavy atom. The smallest absolute Gasteiger partial charge is 0.240 e. The fraction of sp³-hybridized carbons (Fsp3) is 0.538. The number of hydrogen-bond donors (Lipinski definition) is 2. The van der Waals surface area contributed by atoms with E-state index < -0.39 is 10.0 Å². The molecule has 0 saturated carbocycles. The first-order valence-corrected chi connectivity index (χ1v) is 8.31. The summed E-state index contributed by atoms with van der Waals surface area (Å²) in [5.74, 6) is 0. The van der Waals surface area contributed by atoms with Crippen LogP contribution in [0.25, 0.3) is 0 Å². The van der Waals surface area contributed by atoms with Gasteiger partial charge < -0.3 is 10.5 Å². The zero-order valence-corrected chi connectivity index (χ0v) is 12.9. The predicted octanol–water partition coefficient (Wildman–Crippen LogP) is 2.02. The number of halogens is 1. The Kier molecular flexibility index (Phi) is 4.59. The van der Waals surface area contributed by atoms with Gasteiger partial charge in [0.25, 0.3) is 0 Å². The summed E-state index contributed by atoms with van der Waals surface area (Å²) in [5.41, 5.74) is 5.88. The molecule has 3 N–H and O–H groups in total. The molecule has 0 spiro atoms. The third-order valence-corrected chi connectivity index (χ3v) is 5.40. The van der Waals surface area contributed by atoms with Crippen LogP contribution in [0.4, 0.5) is 5.69 Å². The largest absolute Gasteiger partial charge is 0.398 e. The Morgan fingerprint density at radius 1 is 1.40 bits per heavy atom. The molecule has 1 aromatic carbocycles. The fourth-order valence-corrected chi connectivity index (χ4v) is 3.54. The second kappa shape index (κ2) is 5.89. The molecule has 0 bridgehead atoms. The van der Waals surface area contributed by atoms with Crippen LogP contribution in [0.15, 0.2) is 23.1 Å². The monoisotopic (exact) mass is 318 g/mol. The maximum Gasteiger partial charge on any atom is 0.240 e. The highest BCUT2D eigenvalue weighted by atomic mass is 35.5.